The molecule has 0 spiro atoms. The minimum absolute atomic E-state index is 0.0408. The molecule has 0 heterocycles. The molecule has 32 heavy (non-hydrogen) atoms. The van der Waals surface area contributed by atoms with Gasteiger partial charge in [-0.25, -0.2) is 0 Å². The van der Waals surface area contributed by atoms with Crippen LogP contribution in [0.3, 0.4) is 0 Å². The summed E-state index contributed by atoms with van der Waals surface area (Å²) in [5.41, 5.74) is 2.04. The van der Waals surface area contributed by atoms with Crippen molar-refractivity contribution in [1.29, 1.82) is 0 Å². The Morgan fingerprint density at radius 1 is 0.656 bits per heavy atom. The number of benzene rings is 2. The fourth-order valence-electron chi connectivity index (χ4n) is 3.54. The molecule has 0 aromatic heterocycles. The van der Waals surface area contributed by atoms with Gasteiger partial charge in [0.15, 0.2) is 0 Å². The van der Waals surface area contributed by atoms with E-state index in [1.165, 1.54) is 0 Å². The maximum Gasteiger partial charge on any atom is 0.127 e. The molecule has 2 unspecified atom stereocenters. The van der Waals surface area contributed by atoms with Crippen molar-refractivity contribution >= 4 is 0 Å². The van der Waals surface area contributed by atoms with Crippen molar-refractivity contribution in [1.82, 2.24) is 0 Å². The fraction of sp³-hybridized carbons (Fsp3) is 0.571. The second kappa shape index (κ2) is 9.64. The Kier molecular flexibility index (Phi) is 7.80. The van der Waals surface area contributed by atoms with Crippen LogP contribution in [0.4, 0.5) is 0 Å². The highest BCUT2D eigenvalue weighted by Gasteiger charge is 2.27. The molecule has 0 amide bonds. The van der Waals surface area contributed by atoms with Crippen molar-refractivity contribution in [2.75, 3.05) is 0 Å². The molecule has 4 nitrogen and oxygen atoms in total. The van der Waals surface area contributed by atoms with Gasteiger partial charge in [-0.05, 0) is 61.8 Å². The summed E-state index contributed by atoms with van der Waals surface area (Å²) in [5.74, 6) is 1.68. The molecule has 2 aromatic rings. The third-order valence-corrected chi connectivity index (χ3v) is 5.90. The lowest BCUT2D eigenvalue weighted by Gasteiger charge is -2.27. The highest BCUT2D eigenvalue weighted by molar-refractivity contribution is 5.81. The minimum Gasteiger partial charge on any atom is -0.507 e. The maximum atomic E-state index is 11.3. The number of hydrogen-bond donors (Lipinski definition) is 2. The zero-order valence-corrected chi connectivity index (χ0v) is 21.6. The van der Waals surface area contributed by atoms with Crippen LogP contribution in [-0.4, -0.2) is 22.4 Å². The molecule has 0 fully saturated rings. The largest absolute Gasteiger partial charge is 0.507 e. The Morgan fingerprint density at radius 2 is 0.969 bits per heavy atom. The summed E-state index contributed by atoms with van der Waals surface area (Å²) in [4.78, 5) is 0. The Bertz CT molecular complexity index is 854. The van der Waals surface area contributed by atoms with E-state index in [1.807, 2.05) is 38.1 Å². The van der Waals surface area contributed by atoms with E-state index in [2.05, 4.69) is 55.4 Å². The number of hydrogen-bond acceptors (Lipinski definition) is 4. The molecular weight excluding hydrogens is 400 g/mol. The number of phenols is 2. The van der Waals surface area contributed by atoms with Gasteiger partial charge in [0.1, 0.15) is 23.0 Å². The smallest absolute Gasteiger partial charge is 0.127 e. The molecule has 2 aromatic carbocycles. The van der Waals surface area contributed by atoms with Gasteiger partial charge in [0.25, 0.3) is 0 Å². The summed E-state index contributed by atoms with van der Waals surface area (Å²) in [7, 11) is 0. The molecule has 0 aliphatic rings. The van der Waals surface area contributed by atoms with E-state index < -0.39 is 0 Å². The van der Waals surface area contributed by atoms with Crippen molar-refractivity contribution in [2.24, 2.45) is 0 Å². The molecule has 0 radical (unpaired) electrons. The molecule has 2 rings (SSSR count). The lowest BCUT2D eigenvalue weighted by Crippen LogP contribution is -2.15. The third kappa shape index (κ3) is 5.90. The first-order valence-electron chi connectivity index (χ1n) is 11.8. The van der Waals surface area contributed by atoms with E-state index in [0.717, 1.165) is 24.0 Å². The number of aromatic hydroxyl groups is 2. The SMILES string of the molecule is CCC(C)Oc1cc(-c2cc(OC(C)CC)cc(C(C)(C)C)c2O)c(O)c(C(C)(C)C)c1. The molecule has 0 bridgehead atoms. The predicted molar refractivity (Wildman–Crippen MR) is 133 cm³/mol. The summed E-state index contributed by atoms with van der Waals surface area (Å²) >= 11 is 0. The van der Waals surface area contributed by atoms with E-state index in [1.54, 1.807) is 0 Å². The number of phenolic OH excluding ortho intramolecular Hbond substituents is 2. The van der Waals surface area contributed by atoms with E-state index in [-0.39, 0.29) is 34.5 Å². The van der Waals surface area contributed by atoms with Crippen LogP contribution in [0.15, 0.2) is 24.3 Å². The molecule has 4 heteroatoms. The zero-order chi connectivity index (χ0) is 24.4. The predicted octanol–water partition coefficient (Wildman–Crippen LogP) is 7.71. The Balaban J connectivity index is 2.84. The first-order valence-corrected chi connectivity index (χ1v) is 11.8. The summed E-state index contributed by atoms with van der Waals surface area (Å²) in [6.07, 6.45) is 1.83. The van der Waals surface area contributed by atoms with Crippen LogP contribution in [0, 0.1) is 0 Å². The topological polar surface area (TPSA) is 58.9 Å². The van der Waals surface area contributed by atoms with Crippen molar-refractivity contribution in [3.8, 4) is 34.1 Å². The molecule has 178 valence electrons. The van der Waals surface area contributed by atoms with Gasteiger partial charge in [-0.2, -0.15) is 0 Å². The van der Waals surface area contributed by atoms with Crippen LogP contribution in [0.2, 0.25) is 0 Å². The molecule has 0 saturated heterocycles. The molecule has 0 aliphatic heterocycles. The summed E-state index contributed by atoms with van der Waals surface area (Å²) in [6, 6.07) is 7.47. The van der Waals surface area contributed by atoms with Gasteiger partial charge >= 0.3 is 0 Å². The molecule has 2 atom stereocenters. The second-order valence-corrected chi connectivity index (χ2v) is 10.9. The fourth-order valence-corrected chi connectivity index (χ4v) is 3.54. The maximum absolute atomic E-state index is 11.3. The Labute approximate surface area is 194 Å². The van der Waals surface area contributed by atoms with Crippen molar-refractivity contribution in [3.05, 3.63) is 35.4 Å². The zero-order valence-electron chi connectivity index (χ0n) is 21.6. The monoisotopic (exact) mass is 442 g/mol. The van der Waals surface area contributed by atoms with Crippen LogP contribution in [-0.2, 0) is 10.8 Å². The quantitative estimate of drug-likeness (QED) is 0.461. The standard InChI is InChI=1S/C28H42O4/c1-11-17(3)31-19-13-21(25(29)23(15-19)27(5,6)7)22-14-20(32-18(4)12-2)16-24(26(22)30)28(8,9)10/h13-18,29-30H,11-12H2,1-10H3. The van der Waals surface area contributed by atoms with Gasteiger partial charge in [0.05, 0.1) is 12.2 Å². The van der Waals surface area contributed by atoms with Crippen molar-refractivity contribution in [2.45, 2.75) is 105 Å². The lowest BCUT2D eigenvalue weighted by molar-refractivity contribution is 0.216. The van der Waals surface area contributed by atoms with Gasteiger partial charge < -0.3 is 19.7 Å². The average Bonchev–Trinajstić information content (AvgIpc) is 2.68. The molecule has 2 N–H and O–H groups in total. The average molecular weight is 443 g/mol. The summed E-state index contributed by atoms with van der Waals surface area (Å²) in [5, 5.41) is 22.6. The molecule has 0 saturated carbocycles. The van der Waals surface area contributed by atoms with Crippen LogP contribution < -0.4 is 9.47 Å². The number of rotatable bonds is 7. The molecule has 0 aliphatic carbocycles. The second-order valence-electron chi connectivity index (χ2n) is 10.9. The molecular formula is C28H42O4. The van der Waals surface area contributed by atoms with Crippen LogP contribution >= 0.6 is 0 Å². The first-order chi connectivity index (χ1) is 14.7. The first kappa shape index (κ1) is 25.9. The van der Waals surface area contributed by atoms with Gasteiger partial charge in [0.2, 0.25) is 0 Å². The summed E-state index contributed by atoms with van der Waals surface area (Å²) < 4.78 is 12.3. The van der Waals surface area contributed by atoms with Gasteiger partial charge in [-0.15, -0.1) is 0 Å². The normalized spacial score (nSPS) is 14.2. The third-order valence-electron chi connectivity index (χ3n) is 5.90. The highest BCUT2D eigenvalue weighted by atomic mass is 16.5. The van der Waals surface area contributed by atoms with Crippen molar-refractivity contribution < 1.29 is 19.7 Å². The number of ether oxygens (including phenoxy) is 2. The van der Waals surface area contributed by atoms with Crippen LogP contribution in [0.1, 0.15) is 93.2 Å². The van der Waals surface area contributed by atoms with Gasteiger partial charge in [-0.3, -0.25) is 0 Å². The van der Waals surface area contributed by atoms with E-state index in [9.17, 15) is 10.2 Å². The van der Waals surface area contributed by atoms with E-state index in [4.69, 9.17) is 9.47 Å². The van der Waals surface area contributed by atoms with Gasteiger partial charge in [0, 0.05) is 22.3 Å². The highest BCUT2D eigenvalue weighted by Crippen LogP contribution is 2.48. The summed E-state index contributed by atoms with van der Waals surface area (Å²) in [6.45, 7) is 20.6. The van der Waals surface area contributed by atoms with Gasteiger partial charge in [-0.1, -0.05) is 55.4 Å². The minimum atomic E-state index is -0.305. The Morgan fingerprint density at radius 3 is 1.22 bits per heavy atom. The van der Waals surface area contributed by atoms with E-state index >= 15 is 0 Å². The lowest BCUT2D eigenvalue weighted by atomic mass is 9.81. The van der Waals surface area contributed by atoms with E-state index in [0.29, 0.717) is 22.6 Å². The Hall–Kier alpha value is -2.36. The van der Waals surface area contributed by atoms with Crippen LogP contribution in [0.25, 0.3) is 11.1 Å². The van der Waals surface area contributed by atoms with Crippen LogP contribution in [0.5, 0.6) is 23.0 Å². The van der Waals surface area contributed by atoms with Crippen molar-refractivity contribution in [3.63, 3.8) is 0 Å².